The van der Waals surface area contributed by atoms with Crippen molar-refractivity contribution in [2.24, 2.45) is 0 Å². The van der Waals surface area contributed by atoms with Gasteiger partial charge in [-0.25, -0.2) is 13.4 Å². The van der Waals surface area contributed by atoms with E-state index in [1.54, 1.807) is 43.4 Å². The van der Waals surface area contributed by atoms with Gasteiger partial charge in [-0.05, 0) is 36.1 Å². The molecule has 0 bridgehead atoms. The largest absolute Gasteiger partial charge is 0.504 e. The van der Waals surface area contributed by atoms with Crippen LogP contribution in [0, 0.1) is 0 Å². The number of aromatic hydroxyl groups is 1. The predicted octanol–water partition coefficient (Wildman–Crippen LogP) is 1.48. The number of aromatic nitrogens is 2. The van der Waals surface area contributed by atoms with Gasteiger partial charge in [0.05, 0.1) is 12.2 Å². The van der Waals surface area contributed by atoms with Crippen molar-refractivity contribution >= 4 is 38.6 Å². The molecule has 0 radical (unpaired) electrons. The summed E-state index contributed by atoms with van der Waals surface area (Å²) in [4.78, 5) is 33.3. The molecule has 10 nitrogen and oxygen atoms in total. The van der Waals surface area contributed by atoms with Gasteiger partial charge in [-0.15, -0.1) is 0 Å². The minimum atomic E-state index is -3.61. The highest BCUT2D eigenvalue weighted by molar-refractivity contribution is 7.92. The fourth-order valence-electron chi connectivity index (χ4n) is 3.90. The molecular weight excluding hydrogens is 458 g/mol. The summed E-state index contributed by atoms with van der Waals surface area (Å²) < 4.78 is 26.6. The second kappa shape index (κ2) is 9.64. The molecular formula is C23H25N5O5S. The third-order valence-electron chi connectivity index (χ3n) is 5.70. The van der Waals surface area contributed by atoms with Gasteiger partial charge < -0.3 is 15.7 Å². The number of benzene rings is 1. The van der Waals surface area contributed by atoms with Crippen molar-refractivity contribution in [3.8, 4) is 5.75 Å². The molecule has 0 atom stereocenters. The molecule has 1 aromatic carbocycles. The number of pyridine rings is 2. The maximum atomic E-state index is 13.1. The molecule has 0 spiro atoms. The number of hydrogen-bond acceptors (Lipinski definition) is 7. The van der Waals surface area contributed by atoms with Crippen molar-refractivity contribution in [2.75, 3.05) is 23.7 Å². The summed E-state index contributed by atoms with van der Waals surface area (Å²) in [7, 11) is -2.06. The van der Waals surface area contributed by atoms with E-state index in [4.69, 9.17) is 0 Å². The van der Waals surface area contributed by atoms with Gasteiger partial charge in [-0.1, -0.05) is 24.3 Å². The summed E-state index contributed by atoms with van der Waals surface area (Å²) in [6.07, 6.45) is 2.82. The van der Waals surface area contributed by atoms with Crippen LogP contribution in [0.4, 0.5) is 5.82 Å². The van der Waals surface area contributed by atoms with Gasteiger partial charge in [0.1, 0.15) is 5.52 Å². The lowest BCUT2D eigenvalue weighted by Crippen LogP contribution is -2.39. The summed E-state index contributed by atoms with van der Waals surface area (Å²) in [6, 6.07) is 10.4. The molecule has 11 heteroatoms. The van der Waals surface area contributed by atoms with Crippen LogP contribution in [0.2, 0.25) is 0 Å². The Balaban J connectivity index is 1.68. The minimum Gasteiger partial charge on any atom is -0.504 e. The van der Waals surface area contributed by atoms with Crippen LogP contribution in [-0.4, -0.2) is 54.7 Å². The topological polar surface area (TPSA) is 142 Å². The van der Waals surface area contributed by atoms with E-state index in [2.05, 4.69) is 20.6 Å². The third kappa shape index (κ3) is 4.65. The predicted molar refractivity (Wildman–Crippen MR) is 127 cm³/mol. The second-order valence-electron chi connectivity index (χ2n) is 7.93. The van der Waals surface area contributed by atoms with Crippen molar-refractivity contribution in [1.29, 1.82) is 0 Å². The average molecular weight is 484 g/mol. The lowest BCUT2D eigenvalue weighted by atomic mass is 10.0. The van der Waals surface area contributed by atoms with E-state index in [0.717, 1.165) is 11.1 Å². The zero-order valence-corrected chi connectivity index (χ0v) is 19.4. The SMILES string of the molecule is CNC(=O)Cc1ccccc1CNC(=O)c1nc(N2CCCCS2(=O)=O)c2cccnc2c1O. The molecule has 4 rings (SSSR count). The Kier molecular flexibility index (Phi) is 6.64. The summed E-state index contributed by atoms with van der Waals surface area (Å²) in [5.41, 5.74) is 1.26. The molecule has 0 aliphatic carbocycles. The molecule has 1 aliphatic rings. The molecule has 178 valence electrons. The molecule has 3 N–H and O–H groups in total. The molecule has 2 aromatic heterocycles. The van der Waals surface area contributed by atoms with E-state index in [9.17, 15) is 23.1 Å². The van der Waals surface area contributed by atoms with Crippen molar-refractivity contribution in [3.05, 3.63) is 59.4 Å². The summed E-state index contributed by atoms with van der Waals surface area (Å²) >= 11 is 0. The fourth-order valence-corrected chi connectivity index (χ4v) is 5.50. The fraction of sp³-hybridized carbons (Fsp3) is 0.304. The summed E-state index contributed by atoms with van der Waals surface area (Å²) in [5.74, 6) is -1.21. The van der Waals surface area contributed by atoms with Crippen LogP contribution >= 0.6 is 0 Å². The summed E-state index contributed by atoms with van der Waals surface area (Å²) in [6.45, 7) is 0.322. The summed E-state index contributed by atoms with van der Waals surface area (Å²) in [5, 5.41) is 16.4. The average Bonchev–Trinajstić information content (AvgIpc) is 2.84. The molecule has 2 amide bonds. The molecule has 34 heavy (non-hydrogen) atoms. The number of amides is 2. The van der Waals surface area contributed by atoms with Crippen LogP contribution in [0.5, 0.6) is 5.75 Å². The van der Waals surface area contributed by atoms with Crippen LogP contribution in [0.15, 0.2) is 42.6 Å². The molecule has 1 aliphatic heterocycles. The molecule has 0 saturated carbocycles. The highest BCUT2D eigenvalue weighted by Gasteiger charge is 2.31. The Morgan fingerprint density at radius 3 is 2.62 bits per heavy atom. The zero-order valence-electron chi connectivity index (χ0n) is 18.6. The van der Waals surface area contributed by atoms with E-state index < -0.39 is 21.7 Å². The van der Waals surface area contributed by atoms with Crippen LogP contribution in [0.3, 0.4) is 0 Å². The van der Waals surface area contributed by atoms with Crippen LogP contribution < -0.4 is 14.9 Å². The first-order valence-electron chi connectivity index (χ1n) is 10.9. The van der Waals surface area contributed by atoms with Crippen molar-refractivity contribution in [3.63, 3.8) is 0 Å². The van der Waals surface area contributed by atoms with E-state index >= 15 is 0 Å². The number of rotatable bonds is 6. The van der Waals surface area contributed by atoms with Gasteiger partial charge in [0.2, 0.25) is 15.9 Å². The highest BCUT2D eigenvalue weighted by Crippen LogP contribution is 2.34. The monoisotopic (exact) mass is 483 g/mol. The number of sulfonamides is 1. The van der Waals surface area contributed by atoms with Gasteiger partial charge in [0, 0.05) is 31.7 Å². The maximum Gasteiger partial charge on any atom is 0.274 e. The van der Waals surface area contributed by atoms with E-state index in [1.807, 2.05) is 0 Å². The smallest absolute Gasteiger partial charge is 0.274 e. The first-order valence-corrected chi connectivity index (χ1v) is 12.5. The van der Waals surface area contributed by atoms with Crippen LogP contribution in [0.1, 0.15) is 34.5 Å². The van der Waals surface area contributed by atoms with E-state index in [-0.39, 0.29) is 48.2 Å². The number of likely N-dealkylation sites (N-methyl/N-ethyl adjacent to an activating group) is 1. The molecule has 3 aromatic rings. The Labute approximate surface area is 197 Å². The van der Waals surface area contributed by atoms with Crippen molar-refractivity contribution < 1.29 is 23.1 Å². The number of anilines is 1. The standard InChI is InChI=1S/C23H25N5O5S/c1-24-18(29)13-15-7-2-3-8-16(15)14-26-23(31)20-21(30)19-17(9-6-10-25-19)22(27-20)28-11-4-5-12-34(28,32)33/h2-3,6-10,30H,4-5,11-14H2,1H3,(H,24,29)(H,26,31). The number of carbonyl (C=O) groups is 2. The van der Waals surface area contributed by atoms with Gasteiger partial charge in [0.25, 0.3) is 5.91 Å². The van der Waals surface area contributed by atoms with Crippen LogP contribution in [-0.2, 0) is 27.8 Å². The number of fused-ring (bicyclic) bond motifs is 1. The van der Waals surface area contributed by atoms with Crippen molar-refractivity contribution in [1.82, 2.24) is 20.6 Å². The van der Waals surface area contributed by atoms with Crippen LogP contribution in [0.25, 0.3) is 10.9 Å². The quantitative estimate of drug-likeness (QED) is 0.482. The normalized spacial score (nSPS) is 15.1. The lowest BCUT2D eigenvalue weighted by molar-refractivity contribution is -0.119. The number of nitrogens with one attached hydrogen (secondary N) is 2. The number of nitrogens with zero attached hydrogens (tertiary/aromatic N) is 3. The number of hydrogen-bond donors (Lipinski definition) is 3. The second-order valence-corrected chi connectivity index (χ2v) is 9.94. The molecule has 1 saturated heterocycles. The van der Waals surface area contributed by atoms with Gasteiger partial charge in [-0.3, -0.25) is 18.9 Å². The number of carbonyl (C=O) groups excluding carboxylic acids is 2. The molecule has 3 heterocycles. The Morgan fingerprint density at radius 2 is 1.88 bits per heavy atom. The first-order chi connectivity index (χ1) is 16.3. The zero-order chi connectivity index (χ0) is 24.3. The van der Waals surface area contributed by atoms with Gasteiger partial charge in [-0.2, -0.15) is 0 Å². The van der Waals surface area contributed by atoms with Gasteiger partial charge in [0.15, 0.2) is 17.3 Å². The van der Waals surface area contributed by atoms with E-state index in [0.29, 0.717) is 18.2 Å². The van der Waals surface area contributed by atoms with Crippen molar-refractivity contribution in [2.45, 2.75) is 25.8 Å². The third-order valence-corrected chi connectivity index (χ3v) is 7.53. The maximum absolute atomic E-state index is 13.1. The Hall–Kier alpha value is -3.73. The highest BCUT2D eigenvalue weighted by atomic mass is 32.2. The van der Waals surface area contributed by atoms with Gasteiger partial charge >= 0.3 is 0 Å². The first kappa shape index (κ1) is 23.4. The molecule has 1 fully saturated rings. The molecule has 0 unspecified atom stereocenters. The van der Waals surface area contributed by atoms with E-state index in [1.165, 1.54) is 10.5 Å². The Morgan fingerprint density at radius 1 is 1.12 bits per heavy atom. The Bertz CT molecular complexity index is 1360. The lowest BCUT2D eigenvalue weighted by Gasteiger charge is -2.28. The minimum absolute atomic E-state index is 0.0129.